The van der Waals surface area contributed by atoms with Crippen molar-refractivity contribution in [3.05, 3.63) is 108 Å². The Morgan fingerprint density at radius 2 is 1.68 bits per heavy atom. The summed E-state index contributed by atoms with van der Waals surface area (Å²) >= 11 is 0. The fourth-order valence-corrected chi connectivity index (χ4v) is 2.27. The molecule has 3 rings (SSSR count). The SMILES string of the molecule is O=C1C=CC(=CN=NC(O)=C2C=CN(Cc3ccccc3)C=C2)C=C1. The molecule has 1 N–H and O–H groups in total. The zero-order chi connectivity index (χ0) is 17.5. The summed E-state index contributed by atoms with van der Waals surface area (Å²) in [5.74, 6) is -0.222. The van der Waals surface area contributed by atoms with Gasteiger partial charge < -0.3 is 10.0 Å². The van der Waals surface area contributed by atoms with Gasteiger partial charge in [-0.15, -0.1) is 5.11 Å². The number of nitrogens with zero attached hydrogens (tertiary/aromatic N) is 3. The number of carbonyl (C=O) groups is 1. The highest BCUT2D eigenvalue weighted by atomic mass is 16.3. The van der Waals surface area contributed by atoms with Crippen molar-refractivity contribution in [3.8, 4) is 0 Å². The molecule has 0 fully saturated rings. The van der Waals surface area contributed by atoms with E-state index in [0.29, 0.717) is 5.57 Å². The number of aliphatic hydroxyl groups excluding tert-OH is 1. The van der Waals surface area contributed by atoms with Crippen LogP contribution < -0.4 is 0 Å². The highest BCUT2D eigenvalue weighted by Gasteiger charge is 2.06. The van der Waals surface area contributed by atoms with E-state index in [4.69, 9.17) is 0 Å². The van der Waals surface area contributed by atoms with E-state index in [1.807, 2.05) is 35.5 Å². The second-order valence-corrected chi connectivity index (χ2v) is 5.48. The van der Waals surface area contributed by atoms with Gasteiger partial charge in [-0.2, -0.15) is 5.11 Å². The first-order valence-electron chi connectivity index (χ1n) is 7.81. The maximum atomic E-state index is 11.0. The summed E-state index contributed by atoms with van der Waals surface area (Å²) < 4.78 is 0. The number of ketones is 1. The van der Waals surface area contributed by atoms with Crippen molar-refractivity contribution in [2.75, 3.05) is 0 Å². The zero-order valence-corrected chi connectivity index (χ0v) is 13.5. The largest absolute Gasteiger partial charge is 0.492 e. The summed E-state index contributed by atoms with van der Waals surface area (Å²) in [6, 6.07) is 10.1. The molecular formula is C20H17N3O2. The molecule has 0 amide bonds. The van der Waals surface area contributed by atoms with Crippen molar-refractivity contribution < 1.29 is 9.90 Å². The molecule has 0 saturated carbocycles. The van der Waals surface area contributed by atoms with Crippen LogP contribution in [0.25, 0.3) is 0 Å². The number of aliphatic hydroxyl groups is 1. The van der Waals surface area contributed by atoms with Crippen LogP contribution in [-0.2, 0) is 11.3 Å². The number of allylic oxidation sites excluding steroid dienone is 8. The van der Waals surface area contributed by atoms with Gasteiger partial charge in [0.05, 0.1) is 6.20 Å². The third-order valence-electron chi connectivity index (χ3n) is 3.60. The topological polar surface area (TPSA) is 65.3 Å². The van der Waals surface area contributed by atoms with E-state index >= 15 is 0 Å². The van der Waals surface area contributed by atoms with Crippen LogP contribution in [0, 0.1) is 0 Å². The number of rotatable bonds is 4. The van der Waals surface area contributed by atoms with E-state index in [1.165, 1.54) is 23.9 Å². The fraction of sp³-hybridized carbons (Fsp3) is 0.0500. The van der Waals surface area contributed by atoms with Gasteiger partial charge in [-0.05, 0) is 47.6 Å². The van der Waals surface area contributed by atoms with Crippen LogP contribution in [0.2, 0.25) is 0 Å². The van der Waals surface area contributed by atoms with Gasteiger partial charge in [-0.3, -0.25) is 4.79 Å². The normalized spacial score (nSPS) is 16.2. The zero-order valence-electron chi connectivity index (χ0n) is 13.5. The van der Waals surface area contributed by atoms with Crippen molar-refractivity contribution in [1.82, 2.24) is 4.90 Å². The maximum Gasteiger partial charge on any atom is 0.238 e. The predicted octanol–water partition coefficient (Wildman–Crippen LogP) is 4.33. The molecule has 0 radical (unpaired) electrons. The minimum Gasteiger partial charge on any atom is -0.492 e. The first-order valence-corrected chi connectivity index (χ1v) is 7.81. The Morgan fingerprint density at radius 3 is 2.36 bits per heavy atom. The van der Waals surface area contributed by atoms with Crippen LogP contribution in [0.3, 0.4) is 0 Å². The molecule has 0 unspecified atom stereocenters. The van der Waals surface area contributed by atoms with Crippen LogP contribution in [0.5, 0.6) is 0 Å². The van der Waals surface area contributed by atoms with E-state index in [2.05, 4.69) is 22.4 Å². The average molecular weight is 331 g/mol. The smallest absolute Gasteiger partial charge is 0.238 e. The van der Waals surface area contributed by atoms with Crippen LogP contribution >= 0.6 is 0 Å². The lowest BCUT2D eigenvalue weighted by molar-refractivity contribution is -0.110. The molecule has 1 aromatic carbocycles. The third-order valence-corrected chi connectivity index (χ3v) is 3.60. The first kappa shape index (κ1) is 16.4. The highest BCUT2D eigenvalue weighted by molar-refractivity contribution is 6.01. The maximum absolute atomic E-state index is 11.0. The Bertz CT molecular complexity index is 822. The second-order valence-electron chi connectivity index (χ2n) is 5.48. The Kier molecular flexibility index (Phi) is 5.16. The van der Waals surface area contributed by atoms with Crippen molar-refractivity contribution in [3.63, 3.8) is 0 Å². The fourth-order valence-electron chi connectivity index (χ4n) is 2.27. The molecule has 1 aromatic rings. The van der Waals surface area contributed by atoms with E-state index in [-0.39, 0.29) is 11.7 Å². The summed E-state index contributed by atoms with van der Waals surface area (Å²) in [4.78, 5) is 13.0. The standard InChI is InChI=1S/C20H17N3O2/c24-19-8-6-16(7-9-19)14-21-22-20(25)18-10-12-23(13-11-18)15-17-4-2-1-3-5-17/h1-14,25H,15H2. The monoisotopic (exact) mass is 331 g/mol. The average Bonchev–Trinajstić information content (AvgIpc) is 2.65. The van der Waals surface area contributed by atoms with Gasteiger partial charge in [0.1, 0.15) is 0 Å². The molecule has 0 spiro atoms. The van der Waals surface area contributed by atoms with Gasteiger partial charge in [0.2, 0.25) is 5.88 Å². The molecule has 1 aliphatic carbocycles. The van der Waals surface area contributed by atoms with Crippen molar-refractivity contribution >= 4 is 5.78 Å². The summed E-state index contributed by atoms with van der Waals surface area (Å²) in [5.41, 5.74) is 2.52. The minimum absolute atomic E-state index is 0.0587. The Hall–Kier alpha value is -3.47. The van der Waals surface area contributed by atoms with Crippen molar-refractivity contribution in [2.45, 2.75) is 6.54 Å². The Labute approximate surface area is 146 Å². The van der Waals surface area contributed by atoms with Gasteiger partial charge in [-0.1, -0.05) is 30.3 Å². The van der Waals surface area contributed by atoms with Gasteiger partial charge >= 0.3 is 0 Å². The highest BCUT2D eigenvalue weighted by Crippen LogP contribution is 2.16. The predicted molar refractivity (Wildman–Crippen MR) is 96.1 cm³/mol. The van der Waals surface area contributed by atoms with Crippen LogP contribution in [0.4, 0.5) is 0 Å². The van der Waals surface area contributed by atoms with Crippen molar-refractivity contribution in [1.29, 1.82) is 0 Å². The van der Waals surface area contributed by atoms with Crippen LogP contribution in [0.1, 0.15) is 5.56 Å². The number of benzene rings is 1. The molecule has 0 atom stereocenters. The van der Waals surface area contributed by atoms with Gasteiger partial charge in [0, 0.05) is 24.5 Å². The van der Waals surface area contributed by atoms with E-state index in [0.717, 1.165) is 12.1 Å². The lowest BCUT2D eigenvalue weighted by atomic mass is 10.1. The quantitative estimate of drug-likeness (QED) is 0.659. The molecule has 0 bridgehead atoms. The molecule has 1 heterocycles. The van der Waals surface area contributed by atoms with Crippen LogP contribution in [0.15, 0.2) is 113 Å². The second kappa shape index (κ2) is 7.88. The Balaban J connectivity index is 1.61. The molecule has 25 heavy (non-hydrogen) atoms. The lowest BCUT2D eigenvalue weighted by Crippen LogP contribution is -2.11. The summed E-state index contributed by atoms with van der Waals surface area (Å²) in [7, 11) is 0. The van der Waals surface area contributed by atoms with E-state index in [1.54, 1.807) is 24.3 Å². The van der Waals surface area contributed by atoms with Gasteiger partial charge in [0.25, 0.3) is 0 Å². The molecule has 5 heteroatoms. The number of hydrogen-bond donors (Lipinski definition) is 1. The molecule has 124 valence electrons. The number of carbonyl (C=O) groups excluding carboxylic acids is 1. The minimum atomic E-state index is -0.163. The Morgan fingerprint density at radius 1 is 1.00 bits per heavy atom. The third kappa shape index (κ3) is 4.75. The lowest BCUT2D eigenvalue weighted by Gasteiger charge is -2.18. The van der Waals surface area contributed by atoms with Crippen molar-refractivity contribution in [2.24, 2.45) is 10.2 Å². The van der Waals surface area contributed by atoms with Gasteiger partial charge in [0.15, 0.2) is 5.78 Å². The van der Waals surface area contributed by atoms with Gasteiger partial charge in [-0.25, -0.2) is 0 Å². The first-order chi connectivity index (χ1) is 12.2. The van der Waals surface area contributed by atoms with E-state index in [9.17, 15) is 9.90 Å². The van der Waals surface area contributed by atoms with Crippen LogP contribution in [-0.4, -0.2) is 15.8 Å². The molecule has 1 aliphatic heterocycles. The molecule has 5 nitrogen and oxygen atoms in total. The number of hydrogen-bond acceptors (Lipinski definition) is 5. The summed E-state index contributed by atoms with van der Waals surface area (Å²) in [6.07, 6.45) is 15.0. The summed E-state index contributed by atoms with van der Waals surface area (Å²) in [6.45, 7) is 0.757. The number of azo groups is 1. The summed E-state index contributed by atoms with van der Waals surface area (Å²) in [5, 5.41) is 17.6. The molecule has 0 aromatic heterocycles. The molecule has 2 aliphatic rings. The molecular weight excluding hydrogens is 314 g/mol. The van der Waals surface area contributed by atoms with E-state index < -0.39 is 0 Å². The molecule has 0 saturated heterocycles.